The lowest BCUT2D eigenvalue weighted by Crippen LogP contribution is -2.22. The molecular weight excluding hydrogens is 813 g/mol. The molecule has 2 heterocycles. The summed E-state index contributed by atoms with van der Waals surface area (Å²) in [5.41, 5.74) is 2.75. The number of carbonyl (C=O) groups excluding carboxylic acids is 2. The van der Waals surface area contributed by atoms with Gasteiger partial charge in [-0.15, -0.1) is 51.8 Å². The molecule has 0 aliphatic rings. The molecule has 1 aromatic carbocycles. The average Bonchev–Trinajstić information content (AvgIpc) is 3.52. The predicted octanol–water partition coefficient (Wildman–Crippen LogP) is 4.53. The van der Waals surface area contributed by atoms with Gasteiger partial charge in [0.2, 0.25) is 0 Å². The molecule has 3 aromatic rings. The second-order valence-electron chi connectivity index (χ2n) is 9.26. The third-order valence-electron chi connectivity index (χ3n) is 5.46. The number of carbonyl (C=O) groups is 2. The van der Waals surface area contributed by atoms with E-state index in [-0.39, 0.29) is 26.2 Å². The Morgan fingerprint density at radius 2 is 1.42 bits per heavy atom. The van der Waals surface area contributed by atoms with E-state index < -0.39 is 56.0 Å². The van der Waals surface area contributed by atoms with Crippen molar-refractivity contribution in [2.45, 2.75) is 28.7 Å². The fourth-order valence-electron chi connectivity index (χ4n) is 3.17. The molecule has 3 rings (SSSR count). The Labute approximate surface area is 318 Å². The van der Waals surface area contributed by atoms with E-state index in [9.17, 15) is 50.0 Å². The molecule has 0 aliphatic carbocycles. The molecule has 0 aliphatic heterocycles. The summed E-state index contributed by atoms with van der Waals surface area (Å²) in [5.74, 6) is -0.287. The molecule has 0 spiro atoms. The summed E-state index contributed by atoms with van der Waals surface area (Å²) in [7, 11) is 4.53. The maximum absolute atomic E-state index is 12.2. The Balaban J connectivity index is 0.000000374. The number of pyridine rings is 1. The smallest absolute Gasteiger partial charge is 0.339 e. The van der Waals surface area contributed by atoms with Gasteiger partial charge in [-0.05, 0) is 31.2 Å². The summed E-state index contributed by atoms with van der Waals surface area (Å²) < 4.78 is 10.4. The molecular formula is C26H28N6O16S5. The standard InChI is InChI=1S/C15H15N3O8S3.C11H13N3O8S2/c1-10-14(27-9-16-10)6-15(19)26-12-4-2-3-5-13(12)29-28-11(7-24-17(20)21)8-25-18(22)23;15-11(9-2-1-3-12-6-9)20-4-5-23-24-10(7-21-13(16)17)8-22-14(18)19/h2-5,9,11H,6-8H2,1H3;1-3,6,10H,4-5,7-8H2. The molecule has 27 heteroatoms. The van der Waals surface area contributed by atoms with Crippen LogP contribution in [0.1, 0.15) is 20.9 Å². The molecule has 288 valence electrons. The maximum Gasteiger partial charge on any atom is 0.339 e. The number of ether oxygens (including phenoxy) is 2. The van der Waals surface area contributed by atoms with Crippen LogP contribution in [0.5, 0.6) is 5.75 Å². The van der Waals surface area contributed by atoms with Crippen LogP contribution in [-0.2, 0) is 35.3 Å². The van der Waals surface area contributed by atoms with Crippen LogP contribution in [0.3, 0.4) is 0 Å². The van der Waals surface area contributed by atoms with Gasteiger partial charge >= 0.3 is 11.9 Å². The van der Waals surface area contributed by atoms with Gasteiger partial charge in [0.1, 0.15) is 38.8 Å². The van der Waals surface area contributed by atoms with Gasteiger partial charge in [0.15, 0.2) is 0 Å². The number of hydrogen-bond donors (Lipinski definition) is 0. The lowest BCUT2D eigenvalue weighted by molar-refractivity contribution is -0.765. The lowest BCUT2D eigenvalue weighted by atomic mass is 10.3. The van der Waals surface area contributed by atoms with E-state index in [2.05, 4.69) is 29.3 Å². The summed E-state index contributed by atoms with van der Waals surface area (Å²) in [5, 5.41) is 35.8. The molecule has 0 bridgehead atoms. The highest BCUT2D eigenvalue weighted by molar-refractivity contribution is 8.77. The van der Waals surface area contributed by atoms with E-state index in [1.54, 1.807) is 48.8 Å². The minimum atomic E-state index is -0.986. The van der Waals surface area contributed by atoms with Crippen LogP contribution in [0.15, 0.2) is 59.2 Å². The third-order valence-corrected chi connectivity index (χ3v) is 11.9. The Morgan fingerprint density at radius 3 is 1.94 bits per heavy atom. The minimum absolute atomic E-state index is 0.0820. The molecule has 0 atom stereocenters. The molecule has 0 saturated heterocycles. The van der Waals surface area contributed by atoms with Gasteiger partial charge in [-0.1, -0.05) is 55.3 Å². The largest absolute Gasteiger partial charge is 0.461 e. The summed E-state index contributed by atoms with van der Waals surface area (Å²) in [6.07, 6.45) is 2.99. The number of aromatic nitrogens is 2. The average molecular weight is 841 g/mol. The van der Waals surface area contributed by atoms with Crippen LogP contribution < -0.4 is 4.74 Å². The molecule has 0 N–H and O–H groups in total. The third kappa shape index (κ3) is 20.1. The zero-order valence-electron chi connectivity index (χ0n) is 27.1. The molecule has 0 unspecified atom stereocenters. The number of esters is 2. The predicted molar refractivity (Wildman–Crippen MR) is 190 cm³/mol. The maximum atomic E-state index is 12.2. The first-order valence-electron chi connectivity index (χ1n) is 14.3. The quantitative estimate of drug-likeness (QED) is 0.0299. The minimum Gasteiger partial charge on any atom is -0.461 e. The molecule has 53 heavy (non-hydrogen) atoms. The molecule has 22 nitrogen and oxygen atoms in total. The summed E-state index contributed by atoms with van der Waals surface area (Å²) in [6, 6.07) is 9.89. The fraction of sp³-hybridized carbons (Fsp3) is 0.385. The molecule has 0 amide bonds. The van der Waals surface area contributed by atoms with Crippen molar-refractivity contribution in [2.24, 2.45) is 0 Å². The molecule has 2 aromatic heterocycles. The normalized spacial score (nSPS) is 10.4. The van der Waals surface area contributed by atoms with Crippen molar-refractivity contribution in [1.82, 2.24) is 9.97 Å². The topological polar surface area (TPSA) is 288 Å². The summed E-state index contributed by atoms with van der Waals surface area (Å²) in [4.78, 5) is 91.1. The van der Waals surface area contributed by atoms with Gasteiger partial charge in [-0.3, -0.25) is 9.78 Å². The molecule has 0 fully saturated rings. The van der Waals surface area contributed by atoms with Gasteiger partial charge in [0.25, 0.3) is 20.3 Å². The molecule has 0 radical (unpaired) electrons. The molecule has 0 saturated carbocycles. The van der Waals surface area contributed by atoms with Gasteiger partial charge in [-0.25, -0.2) is 9.78 Å². The fourth-order valence-corrected chi connectivity index (χ4v) is 8.27. The summed E-state index contributed by atoms with van der Waals surface area (Å²) >= 11 is 1.36. The SMILES string of the molecule is Cc1ncsc1CC(=O)Oc1ccccc1SSC(CO[N+](=O)[O-])CO[N+](=O)[O-].O=C(OCCSSC(CO[N+](=O)[O-])CO[N+](=O)[O-])c1cccnc1. The highest BCUT2D eigenvalue weighted by atomic mass is 33.1. The van der Waals surface area contributed by atoms with Crippen LogP contribution in [0.25, 0.3) is 0 Å². The monoisotopic (exact) mass is 840 g/mol. The van der Waals surface area contributed by atoms with Crippen molar-refractivity contribution < 1.29 is 58.8 Å². The van der Waals surface area contributed by atoms with Crippen molar-refractivity contribution in [1.29, 1.82) is 0 Å². The number of benzene rings is 1. The zero-order chi connectivity index (χ0) is 39.0. The van der Waals surface area contributed by atoms with E-state index in [1.165, 1.54) is 34.5 Å². The van der Waals surface area contributed by atoms with Crippen molar-refractivity contribution in [3.8, 4) is 5.75 Å². The Kier molecular flexibility index (Phi) is 21.0. The second-order valence-corrected chi connectivity index (χ2v) is 15.5. The van der Waals surface area contributed by atoms with E-state index in [0.717, 1.165) is 43.0 Å². The van der Waals surface area contributed by atoms with E-state index >= 15 is 0 Å². The van der Waals surface area contributed by atoms with Crippen LogP contribution >= 0.6 is 54.5 Å². The van der Waals surface area contributed by atoms with Gasteiger partial charge < -0.3 is 28.8 Å². The number of thiazole rings is 1. The highest BCUT2D eigenvalue weighted by Crippen LogP contribution is 2.40. The van der Waals surface area contributed by atoms with Crippen molar-refractivity contribution >= 4 is 66.5 Å². The van der Waals surface area contributed by atoms with Gasteiger partial charge in [-0.2, -0.15) is 0 Å². The first kappa shape index (κ1) is 44.3. The number of para-hydroxylation sites is 1. The van der Waals surface area contributed by atoms with E-state index in [1.807, 2.05) is 0 Å². The number of nitrogens with zero attached hydrogens (tertiary/aromatic N) is 6. The van der Waals surface area contributed by atoms with E-state index in [4.69, 9.17) is 9.47 Å². The van der Waals surface area contributed by atoms with Crippen LogP contribution in [0.4, 0.5) is 0 Å². The van der Waals surface area contributed by atoms with Crippen molar-refractivity contribution in [3.63, 3.8) is 0 Å². The Hall–Kier alpha value is -4.86. The number of hydrogen-bond acceptors (Lipinski definition) is 23. The van der Waals surface area contributed by atoms with Crippen molar-refractivity contribution in [2.75, 3.05) is 38.8 Å². The Bertz CT molecular complexity index is 1610. The zero-order valence-corrected chi connectivity index (χ0v) is 31.1. The van der Waals surface area contributed by atoms with Gasteiger partial charge in [0.05, 0.1) is 38.6 Å². The highest BCUT2D eigenvalue weighted by Gasteiger charge is 2.19. The van der Waals surface area contributed by atoms with Crippen LogP contribution in [-0.4, -0.2) is 91.5 Å². The second kappa shape index (κ2) is 25.2. The van der Waals surface area contributed by atoms with Gasteiger partial charge in [0, 0.05) is 23.0 Å². The number of rotatable bonds is 24. The number of aryl methyl sites for hydroxylation is 1. The Morgan fingerprint density at radius 1 is 0.830 bits per heavy atom. The van der Waals surface area contributed by atoms with Crippen molar-refractivity contribution in [3.05, 3.63) is 111 Å². The van der Waals surface area contributed by atoms with Crippen LogP contribution in [0, 0.1) is 47.4 Å². The van der Waals surface area contributed by atoms with E-state index in [0.29, 0.717) is 22.0 Å². The summed E-state index contributed by atoms with van der Waals surface area (Å²) in [6.45, 7) is 0.405. The van der Waals surface area contributed by atoms with Crippen LogP contribution in [0.2, 0.25) is 0 Å². The lowest BCUT2D eigenvalue weighted by Gasteiger charge is -2.14. The first-order chi connectivity index (χ1) is 25.3. The first-order valence-corrected chi connectivity index (χ1v) is 19.8.